The van der Waals surface area contributed by atoms with Gasteiger partial charge in [-0.05, 0) is 25.5 Å². The van der Waals surface area contributed by atoms with E-state index in [-0.39, 0.29) is 5.75 Å². The Morgan fingerprint density at radius 3 is 2.69 bits per heavy atom. The molecular formula is C11H18N2O2S. The van der Waals surface area contributed by atoms with Gasteiger partial charge >= 0.3 is 0 Å². The van der Waals surface area contributed by atoms with Gasteiger partial charge in [0.2, 0.25) is 10.0 Å². The molecule has 0 aliphatic heterocycles. The molecule has 0 aromatic heterocycles. The summed E-state index contributed by atoms with van der Waals surface area (Å²) in [4.78, 5) is 0. The summed E-state index contributed by atoms with van der Waals surface area (Å²) in [6, 6.07) is 8.27. The lowest BCUT2D eigenvalue weighted by Gasteiger charge is -2.04. The third kappa shape index (κ3) is 5.85. The van der Waals surface area contributed by atoms with Gasteiger partial charge < -0.3 is 5.32 Å². The summed E-state index contributed by atoms with van der Waals surface area (Å²) in [6.07, 6.45) is 0.895. The number of rotatable bonds is 6. The van der Waals surface area contributed by atoms with Gasteiger partial charge in [-0.25, -0.2) is 13.6 Å². The number of nitrogens with two attached hydrogens (primary N) is 1. The molecule has 0 amide bonds. The molecule has 0 saturated heterocycles. The second-order valence-corrected chi connectivity index (χ2v) is 5.59. The summed E-state index contributed by atoms with van der Waals surface area (Å²) in [7, 11) is -3.34. The molecule has 0 saturated carbocycles. The topological polar surface area (TPSA) is 72.2 Å². The molecule has 0 atom stereocenters. The van der Waals surface area contributed by atoms with Crippen LogP contribution in [0.25, 0.3) is 0 Å². The molecule has 4 nitrogen and oxygen atoms in total. The predicted molar refractivity (Wildman–Crippen MR) is 65.7 cm³/mol. The minimum atomic E-state index is -3.34. The molecule has 0 radical (unpaired) electrons. The van der Waals surface area contributed by atoms with Gasteiger partial charge in [-0.3, -0.25) is 0 Å². The highest BCUT2D eigenvalue weighted by Crippen LogP contribution is 2.03. The number of aryl methyl sites for hydroxylation is 1. The van der Waals surface area contributed by atoms with Crippen molar-refractivity contribution >= 4 is 10.0 Å². The van der Waals surface area contributed by atoms with Crippen LogP contribution in [0.5, 0.6) is 0 Å². The molecule has 0 heterocycles. The summed E-state index contributed by atoms with van der Waals surface area (Å²) < 4.78 is 21.3. The third-order valence-electron chi connectivity index (χ3n) is 2.24. The van der Waals surface area contributed by atoms with Gasteiger partial charge in [-0.2, -0.15) is 0 Å². The van der Waals surface area contributed by atoms with Gasteiger partial charge in [0.15, 0.2) is 0 Å². The second-order valence-electron chi connectivity index (χ2n) is 3.86. The first-order chi connectivity index (χ1) is 7.47. The van der Waals surface area contributed by atoms with Crippen molar-refractivity contribution < 1.29 is 8.42 Å². The quantitative estimate of drug-likeness (QED) is 0.710. The zero-order valence-corrected chi connectivity index (χ0v) is 10.3. The molecule has 5 heteroatoms. The van der Waals surface area contributed by atoms with Crippen LogP contribution in [0, 0.1) is 6.92 Å². The van der Waals surface area contributed by atoms with Crippen LogP contribution in [-0.2, 0) is 16.4 Å². The summed E-state index contributed by atoms with van der Waals surface area (Å²) in [5.74, 6) is -0.0131. The predicted octanol–water partition coefficient (Wildman–Crippen LogP) is 0.416. The van der Waals surface area contributed by atoms with Gasteiger partial charge in [0, 0.05) is 6.54 Å². The van der Waals surface area contributed by atoms with E-state index in [4.69, 9.17) is 5.14 Å². The standard InChI is InChI=1S/C11H18N2O2S/c1-10-3-2-4-11(9-10)5-6-13-7-8-16(12,14)15/h2-4,9,13H,5-8H2,1H3,(H2,12,14,15). The van der Waals surface area contributed by atoms with E-state index in [1.807, 2.05) is 6.07 Å². The zero-order chi connectivity index (χ0) is 12.0. The minimum absolute atomic E-state index is 0.0131. The van der Waals surface area contributed by atoms with Gasteiger partial charge in [-0.15, -0.1) is 0 Å². The van der Waals surface area contributed by atoms with Crippen molar-refractivity contribution in [2.24, 2.45) is 5.14 Å². The number of hydrogen-bond acceptors (Lipinski definition) is 3. The van der Waals surface area contributed by atoms with E-state index in [1.54, 1.807) is 0 Å². The van der Waals surface area contributed by atoms with E-state index in [1.165, 1.54) is 11.1 Å². The molecule has 0 unspecified atom stereocenters. The molecule has 1 aromatic rings. The van der Waals surface area contributed by atoms with Crippen LogP contribution < -0.4 is 10.5 Å². The van der Waals surface area contributed by atoms with Crippen LogP contribution in [0.1, 0.15) is 11.1 Å². The maximum atomic E-state index is 10.6. The second kappa shape index (κ2) is 5.98. The van der Waals surface area contributed by atoms with Gasteiger partial charge in [0.25, 0.3) is 0 Å². The van der Waals surface area contributed by atoms with Gasteiger partial charge in [-0.1, -0.05) is 29.8 Å². The molecule has 1 rings (SSSR count). The van der Waals surface area contributed by atoms with Crippen molar-refractivity contribution in [3.05, 3.63) is 35.4 Å². The third-order valence-corrected chi connectivity index (χ3v) is 3.01. The first-order valence-electron chi connectivity index (χ1n) is 5.24. The number of nitrogens with one attached hydrogen (secondary N) is 1. The summed E-state index contributed by atoms with van der Waals surface area (Å²) >= 11 is 0. The van der Waals surface area contributed by atoms with Crippen molar-refractivity contribution in [3.8, 4) is 0 Å². The summed E-state index contributed by atoms with van der Waals surface area (Å²) in [5.41, 5.74) is 2.49. The van der Waals surface area contributed by atoms with Crippen LogP contribution in [0.2, 0.25) is 0 Å². The van der Waals surface area contributed by atoms with Crippen molar-refractivity contribution in [3.63, 3.8) is 0 Å². The van der Waals surface area contributed by atoms with E-state index in [2.05, 4.69) is 30.4 Å². The molecule has 90 valence electrons. The van der Waals surface area contributed by atoms with Crippen molar-refractivity contribution in [1.82, 2.24) is 5.32 Å². The Balaban J connectivity index is 2.21. The van der Waals surface area contributed by atoms with Crippen molar-refractivity contribution in [1.29, 1.82) is 0 Å². The lowest BCUT2D eigenvalue weighted by molar-refractivity contribution is 0.592. The van der Waals surface area contributed by atoms with Crippen molar-refractivity contribution in [2.75, 3.05) is 18.8 Å². The fraction of sp³-hybridized carbons (Fsp3) is 0.455. The molecule has 0 aliphatic rings. The van der Waals surface area contributed by atoms with E-state index in [0.717, 1.165) is 13.0 Å². The Hall–Kier alpha value is -0.910. The van der Waals surface area contributed by atoms with Gasteiger partial charge in [0.1, 0.15) is 0 Å². The molecule has 3 N–H and O–H groups in total. The molecule has 0 spiro atoms. The highest BCUT2D eigenvalue weighted by Gasteiger charge is 2.00. The molecule has 1 aromatic carbocycles. The van der Waals surface area contributed by atoms with Crippen LogP contribution in [0.3, 0.4) is 0 Å². The Morgan fingerprint density at radius 2 is 2.06 bits per heavy atom. The molecule has 0 fully saturated rings. The Bertz CT molecular complexity index is 429. The SMILES string of the molecule is Cc1cccc(CCNCCS(N)(=O)=O)c1. The molecular weight excluding hydrogens is 224 g/mol. The Morgan fingerprint density at radius 1 is 1.31 bits per heavy atom. The lowest BCUT2D eigenvalue weighted by Crippen LogP contribution is -2.28. The monoisotopic (exact) mass is 242 g/mol. The maximum Gasteiger partial charge on any atom is 0.210 e. The van der Waals surface area contributed by atoms with Crippen LogP contribution in [-0.4, -0.2) is 27.3 Å². The average molecular weight is 242 g/mol. The average Bonchev–Trinajstić information content (AvgIpc) is 2.15. The van der Waals surface area contributed by atoms with E-state index in [9.17, 15) is 8.42 Å². The van der Waals surface area contributed by atoms with E-state index in [0.29, 0.717) is 6.54 Å². The summed E-state index contributed by atoms with van der Waals surface area (Å²) in [5, 5.41) is 7.93. The summed E-state index contributed by atoms with van der Waals surface area (Å²) in [6.45, 7) is 3.22. The number of primary sulfonamides is 1. The lowest BCUT2D eigenvalue weighted by atomic mass is 10.1. The normalized spacial score (nSPS) is 11.6. The van der Waals surface area contributed by atoms with Crippen LogP contribution in [0.4, 0.5) is 0 Å². The van der Waals surface area contributed by atoms with Crippen molar-refractivity contribution in [2.45, 2.75) is 13.3 Å². The largest absolute Gasteiger partial charge is 0.315 e. The van der Waals surface area contributed by atoms with Gasteiger partial charge in [0.05, 0.1) is 5.75 Å². The number of sulfonamides is 1. The van der Waals surface area contributed by atoms with E-state index >= 15 is 0 Å². The Kier molecular flexibility index (Phi) is 4.92. The zero-order valence-electron chi connectivity index (χ0n) is 9.44. The minimum Gasteiger partial charge on any atom is -0.315 e. The smallest absolute Gasteiger partial charge is 0.210 e. The maximum absolute atomic E-state index is 10.6. The molecule has 0 aliphatic carbocycles. The van der Waals surface area contributed by atoms with E-state index < -0.39 is 10.0 Å². The molecule has 0 bridgehead atoms. The number of hydrogen-bond donors (Lipinski definition) is 2. The Labute approximate surface area is 96.9 Å². The highest BCUT2D eigenvalue weighted by molar-refractivity contribution is 7.89. The van der Waals surface area contributed by atoms with Crippen LogP contribution >= 0.6 is 0 Å². The molecule has 16 heavy (non-hydrogen) atoms. The fourth-order valence-corrected chi connectivity index (χ4v) is 1.87. The fourth-order valence-electron chi connectivity index (χ4n) is 1.44. The first kappa shape index (κ1) is 13.2. The highest BCUT2D eigenvalue weighted by atomic mass is 32.2. The van der Waals surface area contributed by atoms with Crippen LogP contribution in [0.15, 0.2) is 24.3 Å². The first-order valence-corrected chi connectivity index (χ1v) is 6.96. The number of benzene rings is 1.